The molecule has 1 aliphatic heterocycles. The number of allylic oxidation sites excluding steroid dienone is 2. The minimum absolute atomic E-state index is 0.0975. The smallest absolute Gasteiger partial charge is 0.318 e. The molecule has 1 unspecified atom stereocenters. The molecule has 1 aliphatic rings. The van der Waals surface area contributed by atoms with E-state index in [1.54, 1.807) is 11.8 Å². The highest BCUT2D eigenvalue weighted by Gasteiger charge is 2.32. The number of thioether (sulfide) groups is 1. The molecule has 0 aromatic heterocycles. The monoisotopic (exact) mass is 821 g/mol. The molecule has 1 amide bonds. The zero-order chi connectivity index (χ0) is 41.4. The summed E-state index contributed by atoms with van der Waals surface area (Å²) in [6, 6.07) is 0.0975. The number of ether oxygens (including phenoxy) is 2. The van der Waals surface area contributed by atoms with Crippen LogP contribution in [0.4, 0.5) is 0 Å². The molecule has 334 valence electrons. The number of nitrogens with one attached hydrogen (secondary N) is 1. The van der Waals surface area contributed by atoms with Crippen molar-refractivity contribution < 1.29 is 23.9 Å². The summed E-state index contributed by atoms with van der Waals surface area (Å²) in [5.41, 5.74) is 0. The Balaban J connectivity index is 2.41. The minimum Gasteiger partial charge on any atom is -0.466 e. The highest BCUT2D eigenvalue weighted by Crippen LogP contribution is 2.22. The number of piperidine rings is 1. The molecular formula is C49H92N2O5S. The molecule has 1 atom stereocenters. The van der Waals surface area contributed by atoms with Gasteiger partial charge < -0.3 is 19.7 Å². The van der Waals surface area contributed by atoms with E-state index in [4.69, 9.17) is 9.47 Å². The maximum absolute atomic E-state index is 13.8. The van der Waals surface area contributed by atoms with Gasteiger partial charge in [-0.25, -0.2) is 0 Å². The van der Waals surface area contributed by atoms with E-state index in [1.165, 1.54) is 141 Å². The van der Waals surface area contributed by atoms with Crippen molar-refractivity contribution in [2.45, 2.75) is 238 Å². The van der Waals surface area contributed by atoms with Crippen LogP contribution in [-0.2, 0) is 23.9 Å². The van der Waals surface area contributed by atoms with Gasteiger partial charge in [0.2, 0.25) is 5.91 Å². The van der Waals surface area contributed by atoms with E-state index in [-0.39, 0.29) is 30.0 Å². The van der Waals surface area contributed by atoms with Crippen LogP contribution >= 0.6 is 11.8 Å². The highest BCUT2D eigenvalue weighted by atomic mass is 32.2. The van der Waals surface area contributed by atoms with Gasteiger partial charge in [0.15, 0.2) is 0 Å². The second-order valence-electron chi connectivity index (χ2n) is 17.1. The largest absolute Gasteiger partial charge is 0.466 e. The Kier molecular flexibility index (Phi) is 37.4. The number of carbonyl (C=O) groups is 3. The lowest BCUT2D eigenvalue weighted by Crippen LogP contribution is -2.47. The van der Waals surface area contributed by atoms with Crippen molar-refractivity contribution in [3.63, 3.8) is 0 Å². The van der Waals surface area contributed by atoms with Crippen molar-refractivity contribution in [1.29, 1.82) is 0 Å². The molecule has 8 heteroatoms. The third kappa shape index (κ3) is 32.9. The third-order valence-electron chi connectivity index (χ3n) is 11.6. The molecule has 0 radical (unpaired) electrons. The number of nitrogens with zero attached hydrogens (tertiary/aromatic N) is 1. The lowest BCUT2D eigenvalue weighted by atomic mass is 10.00. The number of likely N-dealkylation sites (tertiary alicyclic amines) is 1. The molecule has 0 spiro atoms. The zero-order valence-electron chi connectivity index (χ0n) is 37.9. The molecule has 1 saturated heterocycles. The summed E-state index contributed by atoms with van der Waals surface area (Å²) in [5.74, 6) is -0.266. The van der Waals surface area contributed by atoms with Gasteiger partial charge in [0.25, 0.3) is 0 Å². The summed E-state index contributed by atoms with van der Waals surface area (Å²) in [4.78, 5) is 42.1. The van der Waals surface area contributed by atoms with Gasteiger partial charge in [-0.05, 0) is 103 Å². The fraction of sp³-hybridized carbons (Fsp3) is 0.898. The second-order valence-corrected chi connectivity index (χ2v) is 18.3. The SMILES string of the molecule is CCCCCCCC/C=C\CCCCCCCCOC(=O)CCSCCC(C(=O)NC1CCN(C)CC1)C(=O)OC(CCCCCCCC)CCCCCCCC. The van der Waals surface area contributed by atoms with Crippen LogP contribution in [0, 0.1) is 5.92 Å². The van der Waals surface area contributed by atoms with Crippen molar-refractivity contribution in [2.24, 2.45) is 5.92 Å². The molecule has 0 aromatic carbocycles. The average molecular weight is 821 g/mol. The van der Waals surface area contributed by atoms with Gasteiger partial charge in [0.1, 0.15) is 12.0 Å². The third-order valence-corrected chi connectivity index (χ3v) is 12.6. The lowest BCUT2D eigenvalue weighted by molar-refractivity contribution is -0.158. The Morgan fingerprint density at radius 3 is 1.63 bits per heavy atom. The molecule has 7 nitrogen and oxygen atoms in total. The van der Waals surface area contributed by atoms with E-state index >= 15 is 0 Å². The van der Waals surface area contributed by atoms with Crippen molar-refractivity contribution in [3.05, 3.63) is 12.2 Å². The first-order valence-corrected chi connectivity index (χ1v) is 25.6. The normalized spacial score (nSPS) is 14.4. The first kappa shape index (κ1) is 53.5. The quantitative estimate of drug-likeness (QED) is 0.0285. The summed E-state index contributed by atoms with van der Waals surface area (Å²) in [5, 5.41) is 3.21. The van der Waals surface area contributed by atoms with E-state index in [2.05, 4.69) is 50.2 Å². The maximum Gasteiger partial charge on any atom is 0.318 e. The Bertz CT molecular complexity index is 953. The summed E-state index contributed by atoms with van der Waals surface area (Å²) >= 11 is 1.62. The van der Waals surface area contributed by atoms with Gasteiger partial charge in [0.05, 0.1) is 13.0 Å². The zero-order valence-corrected chi connectivity index (χ0v) is 38.8. The molecule has 57 heavy (non-hydrogen) atoms. The van der Waals surface area contributed by atoms with Gasteiger partial charge in [0, 0.05) is 11.8 Å². The molecule has 0 saturated carbocycles. The molecule has 1 rings (SSSR count). The first-order chi connectivity index (χ1) is 27.9. The van der Waals surface area contributed by atoms with Crippen molar-refractivity contribution >= 4 is 29.6 Å². The predicted octanol–water partition coefficient (Wildman–Crippen LogP) is 13.3. The van der Waals surface area contributed by atoms with Crippen LogP contribution in [0.3, 0.4) is 0 Å². The molecule has 0 aromatic rings. The lowest BCUT2D eigenvalue weighted by Gasteiger charge is -2.30. The molecular weight excluding hydrogens is 729 g/mol. The standard InChI is InChI=1S/C49H92N2O5S/c1-5-8-11-14-17-18-19-20-21-22-23-24-25-26-29-32-41-55-47(52)38-43-57-42-37-46(48(53)50-44-35-39-51(4)40-36-44)49(54)56-45(33-30-27-15-12-9-6-2)34-31-28-16-13-10-7-3/h20-21,44-46H,5-19,22-43H2,1-4H3,(H,50,53)/b21-20-. The first-order valence-electron chi connectivity index (χ1n) is 24.5. The van der Waals surface area contributed by atoms with Gasteiger partial charge in [-0.2, -0.15) is 11.8 Å². The van der Waals surface area contributed by atoms with Crippen molar-refractivity contribution in [1.82, 2.24) is 10.2 Å². The van der Waals surface area contributed by atoms with Crippen LogP contribution in [-0.4, -0.2) is 73.1 Å². The maximum atomic E-state index is 13.8. The van der Waals surface area contributed by atoms with E-state index in [0.717, 1.165) is 64.5 Å². The van der Waals surface area contributed by atoms with Crippen LogP contribution in [0.5, 0.6) is 0 Å². The van der Waals surface area contributed by atoms with Crippen LogP contribution in [0.1, 0.15) is 226 Å². The van der Waals surface area contributed by atoms with Crippen molar-refractivity contribution in [3.8, 4) is 0 Å². The summed E-state index contributed by atoms with van der Waals surface area (Å²) < 4.78 is 11.7. The Hall–Kier alpha value is -1.54. The molecule has 0 aliphatic carbocycles. The van der Waals surface area contributed by atoms with Crippen molar-refractivity contribution in [2.75, 3.05) is 38.2 Å². The highest BCUT2D eigenvalue weighted by molar-refractivity contribution is 7.99. The van der Waals surface area contributed by atoms with Gasteiger partial charge in [-0.1, -0.05) is 155 Å². The Morgan fingerprint density at radius 2 is 1.11 bits per heavy atom. The van der Waals surface area contributed by atoms with E-state index in [1.807, 2.05) is 0 Å². The summed E-state index contributed by atoms with van der Waals surface area (Å²) in [6.45, 7) is 9.14. The number of carbonyl (C=O) groups excluding carboxylic acids is 3. The number of amides is 1. The number of unbranched alkanes of at least 4 members (excludes halogenated alkanes) is 22. The minimum atomic E-state index is -0.813. The molecule has 1 N–H and O–H groups in total. The summed E-state index contributed by atoms with van der Waals surface area (Å²) in [7, 11) is 2.11. The van der Waals surface area contributed by atoms with Crippen LogP contribution in [0.2, 0.25) is 0 Å². The number of rotatable bonds is 40. The van der Waals surface area contributed by atoms with Crippen LogP contribution < -0.4 is 5.32 Å². The number of hydrogen-bond donors (Lipinski definition) is 1. The second kappa shape index (κ2) is 39.9. The van der Waals surface area contributed by atoms with Gasteiger partial charge >= 0.3 is 11.9 Å². The fourth-order valence-corrected chi connectivity index (χ4v) is 8.61. The fourth-order valence-electron chi connectivity index (χ4n) is 7.69. The predicted molar refractivity (Wildman–Crippen MR) is 245 cm³/mol. The Morgan fingerprint density at radius 1 is 0.632 bits per heavy atom. The van der Waals surface area contributed by atoms with Crippen LogP contribution in [0.25, 0.3) is 0 Å². The van der Waals surface area contributed by atoms with E-state index < -0.39 is 5.92 Å². The van der Waals surface area contributed by atoms with Gasteiger partial charge in [-0.3, -0.25) is 14.4 Å². The van der Waals surface area contributed by atoms with Crippen LogP contribution in [0.15, 0.2) is 12.2 Å². The Labute approximate surface area is 357 Å². The van der Waals surface area contributed by atoms with E-state index in [0.29, 0.717) is 31.0 Å². The number of esters is 2. The topological polar surface area (TPSA) is 84.9 Å². The van der Waals surface area contributed by atoms with Gasteiger partial charge in [-0.15, -0.1) is 0 Å². The average Bonchev–Trinajstić information content (AvgIpc) is 3.20. The van der Waals surface area contributed by atoms with E-state index in [9.17, 15) is 14.4 Å². The molecule has 1 heterocycles. The molecule has 0 bridgehead atoms. The summed E-state index contributed by atoms with van der Waals surface area (Å²) in [6.07, 6.45) is 41.1. The molecule has 1 fully saturated rings. The number of hydrogen-bond acceptors (Lipinski definition) is 7.